The fourth-order valence-electron chi connectivity index (χ4n) is 4.59. The van der Waals surface area contributed by atoms with Gasteiger partial charge in [-0.05, 0) is 50.0 Å². The molecule has 3 fully saturated rings. The fourth-order valence-corrected chi connectivity index (χ4v) is 4.59. The number of aliphatic hydroxyl groups excluding tert-OH is 1. The normalized spacial score (nSPS) is 31.5. The maximum atomic E-state index is 12.9. The number of benzene rings is 1. The molecule has 2 heterocycles. The highest BCUT2D eigenvalue weighted by Crippen LogP contribution is 2.39. The predicted octanol–water partition coefficient (Wildman–Crippen LogP) is 3.23. The summed E-state index contributed by atoms with van der Waals surface area (Å²) in [6.07, 6.45) is 6.99. The van der Waals surface area contributed by atoms with Gasteiger partial charge in [0.25, 0.3) is 0 Å². The van der Waals surface area contributed by atoms with Gasteiger partial charge < -0.3 is 15.3 Å². The third-order valence-corrected chi connectivity index (χ3v) is 6.00. The Morgan fingerprint density at radius 2 is 1.74 bits per heavy atom. The van der Waals surface area contributed by atoms with Crippen molar-refractivity contribution in [2.24, 2.45) is 5.92 Å². The molecule has 2 saturated heterocycles. The van der Waals surface area contributed by atoms with E-state index in [0.717, 1.165) is 25.7 Å². The number of rotatable bonds is 3. The van der Waals surface area contributed by atoms with Crippen molar-refractivity contribution < 1.29 is 9.90 Å². The molecule has 1 aromatic rings. The van der Waals surface area contributed by atoms with Crippen LogP contribution in [0.25, 0.3) is 0 Å². The van der Waals surface area contributed by atoms with Crippen molar-refractivity contribution in [3.05, 3.63) is 35.9 Å². The number of carbonyl (C=O) groups is 1. The molecule has 3 atom stereocenters. The average Bonchev–Trinajstić information content (AvgIpc) is 2.78. The van der Waals surface area contributed by atoms with Gasteiger partial charge in [0.15, 0.2) is 0 Å². The maximum Gasteiger partial charge on any atom is 0.318 e. The van der Waals surface area contributed by atoms with E-state index in [1.165, 1.54) is 24.8 Å². The summed E-state index contributed by atoms with van der Waals surface area (Å²) in [5.74, 6) is 0.564. The Balaban J connectivity index is 1.50. The Morgan fingerprint density at radius 3 is 2.30 bits per heavy atom. The lowest BCUT2D eigenvalue weighted by molar-refractivity contribution is 0.0519. The lowest BCUT2D eigenvalue weighted by Gasteiger charge is -2.40. The number of nitrogens with one attached hydrogen (secondary N) is 1. The van der Waals surface area contributed by atoms with Gasteiger partial charge in [-0.1, -0.05) is 36.8 Å². The first-order valence-electron chi connectivity index (χ1n) is 9.04. The first-order chi connectivity index (χ1) is 11.2. The zero-order valence-corrected chi connectivity index (χ0v) is 13.5. The number of fused-ring (bicyclic) bond motifs is 2. The van der Waals surface area contributed by atoms with Crippen LogP contribution in [0.15, 0.2) is 30.3 Å². The highest BCUT2D eigenvalue weighted by Gasteiger charge is 2.43. The predicted molar refractivity (Wildman–Crippen MR) is 88.9 cm³/mol. The Kier molecular flexibility index (Phi) is 4.02. The molecule has 2 N–H and O–H groups in total. The van der Waals surface area contributed by atoms with Crippen LogP contribution in [0.2, 0.25) is 0 Å². The van der Waals surface area contributed by atoms with Crippen LogP contribution in [0, 0.1) is 5.92 Å². The van der Waals surface area contributed by atoms with Crippen LogP contribution >= 0.6 is 0 Å². The van der Waals surface area contributed by atoms with E-state index in [9.17, 15) is 9.90 Å². The molecule has 1 saturated carbocycles. The van der Waals surface area contributed by atoms with E-state index in [-0.39, 0.29) is 30.3 Å². The zero-order chi connectivity index (χ0) is 15.8. The minimum absolute atomic E-state index is 0.0742. The summed E-state index contributed by atoms with van der Waals surface area (Å²) in [5.41, 5.74) is 1.22. The van der Waals surface area contributed by atoms with Crippen LogP contribution in [0.5, 0.6) is 0 Å². The van der Waals surface area contributed by atoms with Gasteiger partial charge in [-0.3, -0.25) is 0 Å². The van der Waals surface area contributed by atoms with Crippen LogP contribution < -0.4 is 5.32 Å². The summed E-state index contributed by atoms with van der Waals surface area (Å²) >= 11 is 0. The molecular weight excluding hydrogens is 288 g/mol. The van der Waals surface area contributed by atoms with Crippen molar-refractivity contribution in [3.63, 3.8) is 0 Å². The first-order valence-corrected chi connectivity index (χ1v) is 9.04. The Morgan fingerprint density at radius 1 is 1.09 bits per heavy atom. The third-order valence-electron chi connectivity index (χ3n) is 6.00. The molecule has 0 aromatic heterocycles. The third kappa shape index (κ3) is 2.85. The van der Waals surface area contributed by atoms with Crippen molar-refractivity contribution in [2.45, 2.75) is 69.2 Å². The largest absolute Gasteiger partial charge is 0.393 e. The average molecular weight is 314 g/mol. The minimum Gasteiger partial charge on any atom is -0.393 e. The van der Waals surface area contributed by atoms with E-state index in [2.05, 4.69) is 17.4 Å². The molecule has 124 valence electrons. The van der Waals surface area contributed by atoms with Crippen molar-refractivity contribution in [1.82, 2.24) is 10.2 Å². The lowest BCUT2D eigenvalue weighted by atomic mass is 9.77. The number of aliphatic hydroxyl groups is 1. The monoisotopic (exact) mass is 314 g/mol. The van der Waals surface area contributed by atoms with Gasteiger partial charge in [0.1, 0.15) is 0 Å². The molecule has 0 radical (unpaired) electrons. The highest BCUT2D eigenvalue weighted by molar-refractivity contribution is 5.76. The van der Waals surface area contributed by atoms with Crippen molar-refractivity contribution >= 4 is 6.03 Å². The summed E-state index contributed by atoms with van der Waals surface area (Å²) < 4.78 is 0. The summed E-state index contributed by atoms with van der Waals surface area (Å²) in [4.78, 5) is 15.0. The molecule has 4 heteroatoms. The van der Waals surface area contributed by atoms with Gasteiger partial charge >= 0.3 is 6.03 Å². The Labute approximate surface area is 137 Å². The molecule has 3 aliphatic rings. The van der Waals surface area contributed by atoms with Crippen molar-refractivity contribution in [1.29, 1.82) is 0 Å². The number of amides is 2. The number of carbonyl (C=O) groups excluding carboxylic acids is 1. The number of nitrogens with zero attached hydrogens (tertiary/aromatic N) is 1. The van der Waals surface area contributed by atoms with Crippen molar-refractivity contribution in [2.75, 3.05) is 0 Å². The summed E-state index contributed by atoms with van der Waals surface area (Å²) in [7, 11) is 0. The Hall–Kier alpha value is -1.55. The fraction of sp³-hybridized carbons (Fsp3) is 0.632. The van der Waals surface area contributed by atoms with Gasteiger partial charge in [-0.2, -0.15) is 0 Å². The topological polar surface area (TPSA) is 52.6 Å². The second-order valence-electron chi connectivity index (χ2n) is 7.45. The van der Waals surface area contributed by atoms with Crippen LogP contribution in [0.4, 0.5) is 4.79 Å². The van der Waals surface area contributed by atoms with Crippen LogP contribution in [-0.2, 0) is 0 Å². The molecule has 4 nitrogen and oxygen atoms in total. The van der Waals surface area contributed by atoms with E-state index in [4.69, 9.17) is 0 Å². The van der Waals surface area contributed by atoms with Gasteiger partial charge in [0.2, 0.25) is 0 Å². The molecule has 0 spiro atoms. The zero-order valence-electron chi connectivity index (χ0n) is 13.5. The number of urea groups is 1. The minimum atomic E-state index is -0.229. The van der Waals surface area contributed by atoms with E-state index in [1.807, 2.05) is 23.1 Å². The van der Waals surface area contributed by atoms with Gasteiger partial charge in [0, 0.05) is 12.1 Å². The quantitative estimate of drug-likeness (QED) is 0.900. The Bertz CT molecular complexity index is 544. The highest BCUT2D eigenvalue weighted by atomic mass is 16.3. The molecule has 2 bridgehead atoms. The van der Waals surface area contributed by atoms with Crippen molar-refractivity contribution in [3.8, 4) is 0 Å². The molecule has 23 heavy (non-hydrogen) atoms. The smallest absolute Gasteiger partial charge is 0.318 e. The molecule has 1 aliphatic carbocycles. The van der Waals surface area contributed by atoms with Crippen LogP contribution in [0.3, 0.4) is 0 Å². The first kappa shape index (κ1) is 15.0. The van der Waals surface area contributed by atoms with E-state index >= 15 is 0 Å². The maximum absolute atomic E-state index is 12.9. The van der Waals surface area contributed by atoms with Crippen LogP contribution in [-0.4, -0.2) is 34.2 Å². The molecule has 0 unspecified atom stereocenters. The summed E-state index contributed by atoms with van der Waals surface area (Å²) in [6.45, 7) is 0. The standard InChI is InChI=1S/C19H26N2O2/c22-17-11-15-9-10-16(12-17)21(15)19(23)20-18(14-7-4-8-14)13-5-2-1-3-6-13/h1-3,5-6,14-18,22H,4,7-12H2,(H,20,23)/t15-,16-,18+/m0/s1. The van der Waals surface area contributed by atoms with E-state index in [1.54, 1.807) is 0 Å². The van der Waals surface area contributed by atoms with E-state index in [0.29, 0.717) is 5.92 Å². The SMILES string of the molecule is O=C(N[C@H](c1ccccc1)C1CCC1)N1[C@H]2CC[C@H]1CC(O)C2. The molecular formula is C19H26N2O2. The van der Waals surface area contributed by atoms with Crippen LogP contribution in [0.1, 0.15) is 56.6 Å². The summed E-state index contributed by atoms with van der Waals surface area (Å²) in [5, 5.41) is 13.3. The molecule has 1 aromatic carbocycles. The van der Waals surface area contributed by atoms with Gasteiger partial charge in [-0.25, -0.2) is 4.79 Å². The van der Waals surface area contributed by atoms with Gasteiger partial charge in [0.05, 0.1) is 12.1 Å². The number of piperidine rings is 1. The second kappa shape index (κ2) is 6.16. The van der Waals surface area contributed by atoms with Gasteiger partial charge in [-0.15, -0.1) is 0 Å². The molecule has 4 rings (SSSR count). The molecule has 2 aliphatic heterocycles. The number of hydrogen-bond donors (Lipinski definition) is 2. The number of hydrogen-bond acceptors (Lipinski definition) is 2. The van der Waals surface area contributed by atoms with E-state index < -0.39 is 0 Å². The molecule has 2 amide bonds. The lowest BCUT2D eigenvalue weighted by Crippen LogP contribution is -2.53. The second-order valence-corrected chi connectivity index (χ2v) is 7.45. The summed E-state index contributed by atoms with van der Waals surface area (Å²) in [6, 6.07) is 11.0.